The molecule has 0 radical (unpaired) electrons. The molecule has 0 bridgehead atoms. The van der Waals surface area contributed by atoms with Gasteiger partial charge in [-0.2, -0.15) is 0 Å². The third kappa shape index (κ3) is 4.29. The van der Waals surface area contributed by atoms with Gasteiger partial charge in [0.15, 0.2) is 0 Å². The Morgan fingerprint density at radius 3 is 2.55 bits per heavy atom. The van der Waals surface area contributed by atoms with Gasteiger partial charge in [0, 0.05) is 31.5 Å². The normalized spacial score (nSPS) is 23.7. The molecule has 0 N–H and O–H groups in total. The molecule has 0 aromatic heterocycles. The van der Waals surface area contributed by atoms with Gasteiger partial charge in [0.05, 0.1) is 0 Å². The van der Waals surface area contributed by atoms with Gasteiger partial charge < -0.3 is 4.74 Å². The number of hydrogen-bond donors (Lipinski definition) is 0. The zero-order valence-corrected chi connectivity index (χ0v) is 13.4. The average Bonchev–Trinajstić information content (AvgIpc) is 2.67. The number of carbonyl (C=O) groups is 3. The minimum Gasteiger partial charge on any atom is -0.462 e. The van der Waals surface area contributed by atoms with Crippen molar-refractivity contribution in [3.63, 3.8) is 0 Å². The van der Waals surface area contributed by atoms with Crippen LogP contribution in [0.3, 0.4) is 0 Å². The highest BCUT2D eigenvalue weighted by Gasteiger charge is 2.29. The fraction of sp³-hybridized carbons (Fsp3) is 0.588. The lowest BCUT2D eigenvalue weighted by molar-refractivity contribution is -0.151. The molecule has 22 heavy (non-hydrogen) atoms. The van der Waals surface area contributed by atoms with E-state index in [1.807, 2.05) is 0 Å². The Labute approximate surface area is 131 Å². The number of imide groups is 1. The summed E-state index contributed by atoms with van der Waals surface area (Å²) in [5.41, 5.74) is 1.29. The number of rotatable bonds is 5. The maximum atomic E-state index is 11.9. The van der Waals surface area contributed by atoms with E-state index in [-0.39, 0.29) is 42.3 Å². The monoisotopic (exact) mass is 305 g/mol. The maximum absolute atomic E-state index is 11.9. The Kier molecular flexibility index (Phi) is 4.84. The van der Waals surface area contributed by atoms with Gasteiger partial charge in [-0.05, 0) is 25.2 Å². The first-order valence-corrected chi connectivity index (χ1v) is 7.68. The minimum atomic E-state index is -0.312. The molecule has 2 amide bonds. The summed E-state index contributed by atoms with van der Waals surface area (Å²) in [6, 6.07) is 0. The van der Waals surface area contributed by atoms with Crippen molar-refractivity contribution in [3.8, 4) is 0 Å². The summed E-state index contributed by atoms with van der Waals surface area (Å²) in [6.45, 7) is 6.58. The van der Waals surface area contributed by atoms with Gasteiger partial charge in [-0.1, -0.05) is 25.5 Å². The van der Waals surface area contributed by atoms with Crippen LogP contribution in [-0.2, 0) is 19.1 Å². The van der Waals surface area contributed by atoms with E-state index in [9.17, 15) is 14.4 Å². The van der Waals surface area contributed by atoms with Gasteiger partial charge in [0.1, 0.15) is 6.10 Å². The zero-order valence-electron chi connectivity index (χ0n) is 13.4. The Morgan fingerprint density at radius 1 is 1.32 bits per heavy atom. The lowest BCUT2D eigenvalue weighted by Crippen LogP contribution is -2.32. The SMILES string of the molecule is CC1=CC(C)(C)CC(OC(=O)CCCN2C(=O)C=CC2=O)C1. The van der Waals surface area contributed by atoms with Gasteiger partial charge in [-0.3, -0.25) is 19.3 Å². The van der Waals surface area contributed by atoms with Crippen LogP contribution in [0.4, 0.5) is 0 Å². The van der Waals surface area contributed by atoms with Gasteiger partial charge >= 0.3 is 5.97 Å². The van der Waals surface area contributed by atoms with E-state index in [4.69, 9.17) is 4.74 Å². The van der Waals surface area contributed by atoms with Crippen LogP contribution in [0.15, 0.2) is 23.8 Å². The molecule has 0 aromatic rings. The zero-order chi connectivity index (χ0) is 16.3. The van der Waals surface area contributed by atoms with Crippen LogP contribution in [0.2, 0.25) is 0 Å². The third-order valence-electron chi connectivity index (χ3n) is 3.90. The first kappa shape index (κ1) is 16.5. The summed E-state index contributed by atoms with van der Waals surface area (Å²) in [5.74, 6) is -0.885. The molecule has 1 atom stereocenters. The molecule has 0 saturated heterocycles. The third-order valence-corrected chi connectivity index (χ3v) is 3.90. The minimum absolute atomic E-state index is 0.0489. The second-order valence-corrected chi connectivity index (χ2v) is 6.76. The van der Waals surface area contributed by atoms with Crippen molar-refractivity contribution in [2.24, 2.45) is 5.41 Å². The summed E-state index contributed by atoms with van der Waals surface area (Å²) in [7, 11) is 0. The van der Waals surface area contributed by atoms with Crippen molar-refractivity contribution >= 4 is 17.8 Å². The van der Waals surface area contributed by atoms with Crippen molar-refractivity contribution < 1.29 is 19.1 Å². The summed E-state index contributed by atoms with van der Waals surface area (Å²) in [4.78, 5) is 35.8. The number of nitrogens with zero attached hydrogens (tertiary/aromatic N) is 1. The van der Waals surface area contributed by atoms with Gasteiger partial charge in [-0.15, -0.1) is 0 Å². The highest BCUT2D eigenvalue weighted by Crippen LogP contribution is 2.34. The largest absolute Gasteiger partial charge is 0.462 e. The van der Waals surface area contributed by atoms with Crippen LogP contribution < -0.4 is 0 Å². The molecular weight excluding hydrogens is 282 g/mol. The first-order chi connectivity index (χ1) is 10.3. The molecule has 1 unspecified atom stereocenters. The molecule has 120 valence electrons. The lowest BCUT2D eigenvalue weighted by atomic mass is 9.78. The predicted octanol–water partition coefficient (Wildman–Crippen LogP) is 2.37. The van der Waals surface area contributed by atoms with E-state index in [1.165, 1.54) is 17.7 Å². The van der Waals surface area contributed by atoms with Crippen LogP contribution in [-0.4, -0.2) is 35.3 Å². The second-order valence-electron chi connectivity index (χ2n) is 6.76. The maximum Gasteiger partial charge on any atom is 0.306 e. The van der Waals surface area contributed by atoms with Gasteiger partial charge in [0.2, 0.25) is 0 Å². The van der Waals surface area contributed by atoms with E-state index in [0.29, 0.717) is 6.42 Å². The molecule has 5 heteroatoms. The van der Waals surface area contributed by atoms with E-state index in [0.717, 1.165) is 17.7 Å². The number of hydrogen-bond acceptors (Lipinski definition) is 4. The van der Waals surface area contributed by atoms with Gasteiger partial charge in [-0.25, -0.2) is 0 Å². The Bertz CT molecular complexity index is 527. The summed E-state index contributed by atoms with van der Waals surface area (Å²) >= 11 is 0. The molecule has 0 aromatic carbocycles. The number of amides is 2. The second kappa shape index (κ2) is 6.46. The highest BCUT2D eigenvalue weighted by molar-refractivity contribution is 6.12. The highest BCUT2D eigenvalue weighted by atomic mass is 16.5. The molecule has 2 aliphatic rings. The topological polar surface area (TPSA) is 63.7 Å². The lowest BCUT2D eigenvalue weighted by Gasteiger charge is -2.32. The van der Waals surface area contributed by atoms with Gasteiger partial charge in [0.25, 0.3) is 11.8 Å². The molecule has 1 heterocycles. The van der Waals surface area contributed by atoms with Crippen LogP contribution in [0.25, 0.3) is 0 Å². The Balaban J connectivity index is 1.74. The molecule has 2 rings (SSSR count). The standard InChI is InChI=1S/C17H23NO4/c1-12-9-13(11-17(2,3)10-12)22-16(21)5-4-8-18-14(19)6-7-15(18)20/h6-7,10,13H,4-5,8-9,11H2,1-3H3. The number of allylic oxidation sites excluding steroid dienone is 1. The first-order valence-electron chi connectivity index (χ1n) is 7.68. The van der Waals surface area contributed by atoms with E-state index in [2.05, 4.69) is 26.8 Å². The Morgan fingerprint density at radius 2 is 1.95 bits per heavy atom. The predicted molar refractivity (Wildman–Crippen MR) is 81.7 cm³/mol. The molecule has 0 saturated carbocycles. The van der Waals surface area contributed by atoms with Crippen molar-refractivity contribution in [3.05, 3.63) is 23.8 Å². The van der Waals surface area contributed by atoms with Crippen LogP contribution in [0.5, 0.6) is 0 Å². The fourth-order valence-corrected chi connectivity index (χ4v) is 3.16. The summed E-state index contributed by atoms with van der Waals surface area (Å²) in [5, 5.41) is 0. The molecule has 1 aliphatic heterocycles. The summed E-state index contributed by atoms with van der Waals surface area (Å²) < 4.78 is 5.53. The molecule has 0 spiro atoms. The van der Waals surface area contributed by atoms with Crippen LogP contribution in [0.1, 0.15) is 46.5 Å². The van der Waals surface area contributed by atoms with E-state index < -0.39 is 0 Å². The summed E-state index contributed by atoms with van der Waals surface area (Å²) in [6.07, 6.45) is 6.91. The Hall–Kier alpha value is -1.91. The molecule has 5 nitrogen and oxygen atoms in total. The number of esters is 1. The average molecular weight is 305 g/mol. The van der Waals surface area contributed by atoms with Crippen molar-refractivity contribution in [1.29, 1.82) is 0 Å². The number of ether oxygens (including phenoxy) is 1. The molecule has 1 aliphatic carbocycles. The smallest absolute Gasteiger partial charge is 0.306 e. The quantitative estimate of drug-likeness (QED) is 0.444. The molecular formula is C17H23NO4. The van der Waals surface area contributed by atoms with Crippen molar-refractivity contribution in [2.45, 2.75) is 52.6 Å². The van der Waals surface area contributed by atoms with E-state index >= 15 is 0 Å². The number of carbonyl (C=O) groups excluding carboxylic acids is 3. The van der Waals surface area contributed by atoms with E-state index in [1.54, 1.807) is 0 Å². The van der Waals surface area contributed by atoms with Crippen LogP contribution in [0, 0.1) is 5.41 Å². The fourth-order valence-electron chi connectivity index (χ4n) is 3.16. The van der Waals surface area contributed by atoms with Crippen molar-refractivity contribution in [1.82, 2.24) is 4.90 Å². The molecule has 0 fully saturated rings. The van der Waals surface area contributed by atoms with Crippen LogP contribution >= 0.6 is 0 Å². The van der Waals surface area contributed by atoms with Crippen molar-refractivity contribution in [2.75, 3.05) is 6.54 Å².